The molecule has 1 saturated heterocycles. The summed E-state index contributed by atoms with van der Waals surface area (Å²) in [6, 6.07) is 5.06. The highest BCUT2D eigenvalue weighted by Gasteiger charge is 2.61. The van der Waals surface area contributed by atoms with Crippen molar-refractivity contribution < 1.29 is 9.47 Å². The molecule has 4 aliphatic rings. The first-order valence-electron chi connectivity index (χ1n) is 8.70. The van der Waals surface area contributed by atoms with Gasteiger partial charge in [-0.15, -0.1) is 0 Å². The van der Waals surface area contributed by atoms with Gasteiger partial charge in [0, 0.05) is 18.2 Å². The van der Waals surface area contributed by atoms with Crippen molar-refractivity contribution in [2.75, 3.05) is 20.2 Å². The van der Waals surface area contributed by atoms with Gasteiger partial charge in [-0.25, -0.2) is 0 Å². The summed E-state index contributed by atoms with van der Waals surface area (Å²) in [5.41, 5.74) is 5.74. The minimum Gasteiger partial charge on any atom is -0.497 e. The molecule has 3 atom stereocenters. The summed E-state index contributed by atoms with van der Waals surface area (Å²) in [5.74, 6) is 2.09. The van der Waals surface area contributed by atoms with Crippen molar-refractivity contribution in [3.63, 3.8) is 0 Å². The molecule has 0 N–H and O–H groups in total. The van der Waals surface area contributed by atoms with Gasteiger partial charge in [0.15, 0.2) is 6.10 Å². The normalized spacial score (nSPS) is 33.5. The van der Waals surface area contributed by atoms with E-state index >= 15 is 0 Å². The van der Waals surface area contributed by atoms with Crippen molar-refractivity contribution in [1.29, 1.82) is 0 Å². The van der Waals surface area contributed by atoms with Gasteiger partial charge >= 0.3 is 0 Å². The molecule has 3 heteroatoms. The fourth-order valence-corrected chi connectivity index (χ4v) is 5.38. The quantitative estimate of drug-likeness (QED) is 0.838. The van der Waals surface area contributed by atoms with E-state index in [4.69, 9.17) is 9.47 Å². The Balaban J connectivity index is 1.82. The number of rotatable bonds is 2. The fourth-order valence-electron chi connectivity index (χ4n) is 5.38. The molecule has 5 rings (SSSR count). The van der Waals surface area contributed by atoms with Crippen molar-refractivity contribution in [3.05, 3.63) is 52.3 Å². The van der Waals surface area contributed by atoms with Gasteiger partial charge in [0.1, 0.15) is 11.5 Å². The SMILES string of the molecule is CCN1CC[C@@]23C4=CC=C(OC)[C@@H]2Oc2c(C)ccc(c23)C[C@H]41. The molecule has 2 aliphatic carbocycles. The number of benzene rings is 1. The second kappa shape index (κ2) is 4.41. The summed E-state index contributed by atoms with van der Waals surface area (Å²) in [7, 11) is 1.77. The van der Waals surface area contributed by atoms with Gasteiger partial charge in [-0.3, -0.25) is 4.90 Å². The van der Waals surface area contributed by atoms with Crippen LogP contribution in [0.2, 0.25) is 0 Å². The van der Waals surface area contributed by atoms with Crippen LogP contribution in [0.5, 0.6) is 5.75 Å². The summed E-state index contributed by atoms with van der Waals surface area (Å²) in [5, 5.41) is 0. The fraction of sp³-hybridized carbons (Fsp3) is 0.500. The van der Waals surface area contributed by atoms with Gasteiger partial charge in [0.25, 0.3) is 0 Å². The molecule has 0 saturated carbocycles. The van der Waals surface area contributed by atoms with Crippen LogP contribution in [0.3, 0.4) is 0 Å². The maximum Gasteiger partial charge on any atom is 0.169 e. The smallest absolute Gasteiger partial charge is 0.169 e. The number of methoxy groups -OCH3 is 1. The summed E-state index contributed by atoms with van der Waals surface area (Å²) >= 11 is 0. The zero-order valence-corrected chi connectivity index (χ0v) is 14.1. The largest absolute Gasteiger partial charge is 0.497 e. The van der Waals surface area contributed by atoms with E-state index in [1.54, 1.807) is 12.7 Å². The van der Waals surface area contributed by atoms with Gasteiger partial charge in [-0.2, -0.15) is 0 Å². The van der Waals surface area contributed by atoms with E-state index in [0.717, 1.165) is 37.4 Å². The Labute approximate surface area is 137 Å². The van der Waals surface area contributed by atoms with Crippen molar-refractivity contribution in [3.8, 4) is 5.75 Å². The zero-order chi connectivity index (χ0) is 15.8. The van der Waals surface area contributed by atoms with Gasteiger partial charge in [0.2, 0.25) is 0 Å². The first-order valence-corrected chi connectivity index (χ1v) is 8.70. The Morgan fingerprint density at radius 1 is 1.35 bits per heavy atom. The number of hydrogen-bond donors (Lipinski definition) is 0. The van der Waals surface area contributed by atoms with Crippen LogP contribution < -0.4 is 4.74 Å². The summed E-state index contributed by atoms with van der Waals surface area (Å²) in [6.07, 6.45) is 6.71. The van der Waals surface area contributed by atoms with Crippen LogP contribution in [-0.4, -0.2) is 37.2 Å². The summed E-state index contributed by atoms with van der Waals surface area (Å²) in [6.45, 7) is 6.69. The average Bonchev–Trinajstić information content (AvgIpc) is 2.91. The highest BCUT2D eigenvalue weighted by atomic mass is 16.5. The third-order valence-electron chi connectivity index (χ3n) is 6.42. The molecule has 0 aromatic heterocycles. The maximum absolute atomic E-state index is 6.53. The van der Waals surface area contributed by atoms with E-state index in [2.05, 4.69) is 43.0 Å². The van der Waals surface area contributed by atoms with E-state index < -0.39 is 0 Å². The molecule has 3 nitrogen and oxygen atoms in total. The van der Waals surface area contributed by atoms with Gasteiger partial charge in [-0.1, -0.05) is 25.1 Å². The zero-order valence-electron chi connectivity index (χ0n) is 14.1. The number of hydrogen-bond acceptors (Lipinski definition) is 3. The third kappa shape index (κ3) is 1.45. The highest BCUT2D eigenvalue weighted by Crippen LogP contribution is 2.61. The molecule has 0 radical (unpaired) electrons. The molecule has 120 valence electrons. The number of nitrogens with zero attached hydrogens (tertiary/aromatic N) is 1. The molecule has 1 aromatic carbocycles. The minimum atomic E-state index is 0.00532. The second-order valence-corrected chi connectivity index (χ2v) is 7.21. The van der Waals surface area contributed by atoms with Crippen LogP contribution in [0.25, 0.3) is 0 Å². The van der Waals surface area contributed by atoms with Gasteiger partial charge < -0.3 is 9.47 Å². The van der Waals surface area contributed by atoms with Gasteiger partial charge in [-0.05, 0) is 49.1 Å². The molecule has 23 heavy (non-hydrogen) atoms. The lowest BCUT2D eigenvalue weighted by Gasteiger charge is -2.53. The summed E-state index contributed by atoms with van der Waals surface area (Å²) < 4.78 is 12.2. The van der Waals surface area contributed by atoms with Crippen LogP contribution in [0, 0.1) is 6.92 Å². The van der Waals surface area contributed by atoms with Crippen LogP contribution in [0.1, 0.15) is 30.0 Å². The lowest BCUT2D eigenvalue weighted by Crippen LogP contribution is -2.59. The number of piperidine rings is 1. The molecule has 1 aromatic rings. The molecule has 1 spiro atoms. The van der Waals surface area contributed by atoms with Crippen LogP contribution in [-0.2, 0) is 16.6 Å². The number of ether oxygens (including phenoxy) is 2. The predicted octanol–water partition coefficient (Wildman–Crippen LogP) is 3.11. The molecule has 1 fully saturated rings. The molecule has 0 amide bonds. The van der Waals surface area contributed by atoms with Gasteiger partial charge in [0.05, 0.1) is 12.5 Å². The van der Waals surface area contributed by atoms with E-state index in [9.17, 15) is 0 Å². The van der Waals surface area contributed by atoms with Crippen molar-refractivity contribution in [1.82, 2.24) is 4.90 Å². The van der Waals surface area contributed by atoms with Crippen LogP contribution >= 0.6 is 0 Å². The molecule has 2 aliphatic heterocycles. The minimum absolute atomic E-state index is 0.00532. The van der Waals surface area contributed by atoms with Crippen molar-refractivity contribution >= 4 is 0 Å². The Hall–Kier alpha value is -1.74. The molecular weight excluding hydrogens is 286 g/mol. The molecule has 0 unspecified atom stereocenters. The predicted molar refractivity (Wildman–Crippen MR) is 89.8 cm³/mol. The molecular formula is C20H23NO2. The third-order valence-corrected chi connectivity index (χ3v) is 6.42. The number of aryl methyl sites for hydroxylation is 1. The van der Waals surface area contributed by atoms with Crippen molar-refractivity contribution in [2.24, 2.45) is 0 Å². The topological polar surface area (TPSA) is 21.7 Å². The van der Waals surface area contributed by atoms with Crippen LogP contribution in [0.4, 0.5) is 0 Å². The van der Waals surface area contributed by atoms with E-state index in [1.807, 2.05) is 0 Å². The van der Waals surface area contributed by atoms with Crippen LogP contribution in [0.15, 0.2) is 35.6 Å². The van der Waals surface area contributed by atoms with E-state index in [0.29, 0.717) is 6.04 Å². The second-order valence-electron chi connectivity index (χ2n) is 7.21. The van der Waals surface area contributed by atoms with E-state index in [-0.39, 0.29) is 11.5 Å². The Bertz CT molecular complexity index is 763. The highest BCUT2D eigenvalue weighted by molar-refractivity contribution is 5.65. The molecule has 2 heterocycles. The Kier molecular flexibility index (Phi) is 2.63. The Morgan fingerprint density at radius 2 is 2.22 bits per heavy atom. The van der Waals surface area contributed by atoms with E-state index in [1.165, 1.54) is 16.7 Å². The first kappa shape index (κ1) is 13.7. The number of likely N-dealkylation sites (tertiary alicyclic amines) is 1. The maximum atomic E-state index is 6.53. The average molecular weight is 309 g/mol. The number of likely N-dealkylation sites (N-methyl/N-ethyl adjacent to an activating group) is 1. The monoisotopic (exact) mass is 309 g/mol. The Morgan fingerprint density at radius 3 is 3.00 bits per heavy atom. The summed E-state index contributed by atoms with van der Waals surface area (Å²) in [4.78, 5) is 2.63. The first-order chi connectivity index (χ1) is 11.2. The number of allylic oxidation sites excluding steroid dienone is 2. The standard InChI is InChI=1S/C20H23NO2/c1-4-21-10-9-20-14-7-8-16(22-3)19(20)23-18-12(2)5-6-13(17(18)20)11-15(14)21/h5-8,15,19H,4,9-11H2,1-3H3/t15-,19+,20+/m1/s1. The molecule has 2 bridgehead atoms. The lowest BCUT2D eigenvalue weighted by atomic mass is 9.57. The van der Waals surface area contributed by atoms with Crippen molar-refractivity contribution in [2.45, 2.75) is 44.2 Å². The lowest BCUT2D eigenvalue weighted by molar-refractivity contribution is 0.0668.